The van der Waals surface area contributed by atoms with E-state index < -0.39 is 5.91 Å². The zero-order valence-corrected chi connectivity index (χ0v) is 14.7. The normalized spacial score (nSPS) is 11.7. The van der Waals surface area contributed by atoms with Gasteiger partial charge in [-0.25, -0.2) is 9.50 Å². The van der Waals surface area contributed by atoms with Gasteiger partial charge in [0, 0.05) is 23.1 Å². The van der Waals surface area contributed by atoms with Gasteiger partial charge in [-0.15, -0.1) is 0 Å². The first-order valence-corrected chi connectivity index (χ1v) is 8.30. The largest absolute Gasteiger partial charge is 0.397 e. The highest BCUT2D eigenvalue weighted by Gasteiger charge is 2.22. The highest BCUT2D eigenvalue weighted by molar-refractivity contribution is 6.09. The molecular weight excluding hydrogens is 330 g/mol. The minimum absolute atomic E-state index is 0.111. The summed E-state index contributed by atoms with van der Waals surface area (Å²) < 4.78 is 1.58. The smallest absolute Gasteiger partial charge is 0.254 e. The van der Waals surface area contributed by atoms with Crippen LogP contribution in [0.25, 0.3) is 27.7 Å². The Kier molecular flexibility index (Phi) is 3.43. The van der Waals surface area contributed by atoms with Gasteiger partial charge in [0.2, 0.25) is 0 Å². The van der Waals surface area contributed by atoms with Gasteiger partial charge in [0.25, 0.3) is 5.91 Å². The minimum Gasteiger partial charge on any atom is -0.397 e. The third-order valence-electron chi connectivity index (χ3n) is 4.55. The molecule has 3 heterocycles. The molecule has 1 aromatic carbocycles. The summed E-state index contributed by atoms with van der Waals surface area (Å²) in [6.07, 6.45) is 3.54. The van der Waals surface area contributed by atoms with E-state index in [1.54, 1.807) is 16.9 Å². The van der Waals surface area contributed by atoms with Gasteiger partial charge in [0.05, 0.1) is 17.4 Å². The maximum Gasteiger partial charge on any atom is 0.254 e. The molecule has 1 amide bonds. The Balaban J connectivity index is 2.13. The van der Waals surface area contributed by atoms with Crippen LogP contribution in [0.4, 0.5) is 5.69 Å². The lowest BCUT2D eigenvalue weighted by Gasteiger charge is -2.13. The number of fused-ring (bicyclic) bond motifs is 2. The molecule has 3 aromatic heterocycles. The molecule has 0 aliphatic carbocycles. The average molecular weight is 349 g/mol. The van der Waals surface area contributed by atoms with Crippen molar-refractivity contribution in [2.45, 2.75) is 26.7 Å². The summed E-state index contributed by atoms with van der Waals surface area (Å²) >= 11 is 0. The van der Waals surface area contributed by atoms with E-state index in [2.05, 4.69) is 20.3 Å². The van der Waals surface area contributed by atoms with Crippen LogP contribution in [0.5, 0.6) is 0 Å². The number of nitrogens with one attached hydrogen (secondary N) is 1. The Bertz CT molecular complexity index is 1170. The van der Waals surface area contributed by atoms with Crippen molar-refractivity contribution < 1.29 is 4.79 Å². The van der Waals surface area contributed by atoms with E-state index in [-0.39, 0.29) is 11.5 Å². The van der Waals surface area contributed by atoms with Crippen molar-refractivity contribution in [2.24, 2.45) is 5.73 Å². The summed E-state index contributed by atoms with van der Waals surface area (Å²) in [6.45, 7) is 5.95. The molecule has 26 heavy (non-hydrogen) atoms. The number of anilines is 1. The molecule has 4 aromatic rings. The highest BCUT2D eigenvalue weighted by Crippen LogP contribution is 2.37. The molecule has 0 atom stereocenters. The molecule has 0 aliphatic rings. The number of nitrogen functional groups attached to an aromatic ring is 1. The number of nitrogens with two attached hydrogens (primary N) is 2. The monoisotopic (exact) mass is 349 g/mol. The molecule has 0 saturated carbocycles. The van der Waals surface area contributed by atoms with Crippen LogP contribution in [0, 0.1) is 6.92 Å². The van der Waals surface area contributed by atoms with Crippen molar-refractivity contribution in [1.82, 2.24) is 24.8 Å². The van der Waals surface area contributed by atoms with Crippen molar-refractivity contribution in [3.05, 3.63) is 41.5 Å². The van der Waals surface area contributed by atoms with Gasteiger partial charge in [0.1, 0.15) is 5.56 Å². The van der Waals surface area contributed by atoms with Gasteiger partial charge in [-0.3, -0.25) is 9.89 Å². The molecule has 0 bridgehead atoms. The molecular formula is C18H19N7O. The third kappa shape index (κ3) is 2.22. The number of aryl methyl sites for hydroxylation is 1. The van der Waals surface area contributed by atoms with Crippen LogP contribution in [-0.2, 0) is 0 Å². The third-order valence-corrected chi connectivity index (χ3v) is 4.55. The number of rotatable bonds is 3. The van der Waals surface area contributed by atoms with Crippen molar-refractivity contribution in [2.75, 3.05) is 5.73 Å². The number of aromatic nitrogens is 5. The Morgan fingerprint density at radius 2 is 2.08 bits per heavy atom. The number of aromatic amines is 1. The fourth-order valence-electron chi connectivity index (χ4n) is 3.22. The number of nitrogens with zero attached hydrogens (tertiary/aromatic N) is 4. The maximum atomic E-state index is 12.1. The van der Waals surface area contributed by atoms with Crippen molar-refractivity contribution >= 4 is 28.1 Å². The average Bonchev–Trinajstić information content (AvgIpc) is 3.20. The van der Waals surface area contributed by atoms with Gasteiger partial charge in [-0.2, -0.15) is 10.2 Å². The molecule has 0 unspecified atom stereocenters. The lowest BCUT2D eigenvalue weighted by molar-refractivity contribution is 0.100. The fourth-order valence-corrected chi connectivity index (χ4v) is 3.22. The van der Waals surface area contributed by atoms with E-state index in [1.807, 2.05) is 32.9 Å². The number of carbonyl (C=O) groups is 1. The molecule has 0 spiro atoms. The second-order valence-corrected chi connectivity index (χ2v) is 6.68. The lowest BCUT2D eigenvalue weighted by atomic mass is 9.95. The van der Waals surface area contributed by atoms with Crippen LogP contribution in [0.2, 0.25) is 0 Å². The van der Waals surface area contributed by atoms with Crippen molar-refractivity contribution in [3.8, 4) is 11.1 Å². The van der Waals surface area contributed by atoms with Gasteiger partial charge >= 0.3 is 0 Å². The first-order chi connectivity index (χ1) is 12.4. The van der Waals surface area contributed by atoms with Gasteiger partial charge in [0.15, 0.2) is 11.5 Å². The van der Waals surface area contributed by atoms with Crippen LogP contribution in [0.1, 0.15) is 41.5 Å². The first kappa shape index (κ1) is 16.1. The fraction of sp³-hybridized carbons (Fsp3) is 0.222. The molecule has 0 aliphatic heterocycles. The van der Waals surface area contributed by atoms with Gasteiger partial charge in [-0.05, 0) is 24.1 Å². The van der Waals surface area contributed by atoms with E-state index >= 15 is 0 Å². The summed E-state index contributed by atoms with van der Waals surface area (Å²) in [7, 11) is 0. The maximum absolute atomic E-state index is 12.1. The predicted octanol–water partition coefficient (Wildman–Crippen LogP) is 2.39. The molecule has 8 nitrogen and oxygen atoms in total. The molecule has 8 heteroatoms. The van der Waals surface area contributed by atoms with Crippen molar-refractivity contribution in [1.29, 1.82) is 0 Å². The van der Waals surface area contributed by atoms with E-state index in [1.165, 1.54) is 0 Å². The van der Waals surface area contributed by atoms with Gasteiger partial charge < -0.3 is 11.5 Å². The van der Waals surface area contributed by atoms with Gasteiger partial charge in [-0.1, -0.05) is 19.9 Å². The summed E-state index contributed by atoms with van der Waals surface area (Å²) in [5.41, 5.74) is 16.3. The first-order valence-electron chi connectivity index (χ1n) is 8.30. The van der Waals surface area contributed by atoms with Crippen LogP contribution in [-0.4, -0.2) is 30.7 Å². The molecule has 132 valence electrons. The number of amides is 1. The Hall–Kier alpha value is -3.42. The number of carbonyl (C=O) groups excluding carboxylic acids is 1. The molecule has 5 N–H and O–H groups in total. The molecule has 0 saturated heterocycles. The Morgan fingerprint density at radius 1 is 1.31 bits per heavy atom. The SMILES string of the molecule is Cc1ccc2[nH]ncc2c1-c1cn2nc(C(C)C)nc2c(C(N)=O)c1N. The topological polar surface area (TPSA) is 128 Å². The zero-order chi connectivity index (χ0) is 18.6. The van der Waals surface area contributed by atoms with Crippen LogP contribution >= 0.6 is 0 Å². The number of pyridine rings is 1. The van der Waals surface area contributed by atoms with E-state index in [4.69, 9.17) is 11.5 Å². The van der Waals surface area contributed by atoms with Crippen LogP contribution in [0.3, 0.4) is 0 Å². The zero-order valence-electron chi connectivity index (χ0n) is 14.7. The van der Waals surface area contributed by atoms with E-state index in [0.29, 0.717) is 22.7 Å². The minimum atomic E-state index is -0.630. The van der Waals surface area contributed by atoms with Crippen molar-refractivity contribution in [3.63, 3.8) is 0 Å². The van der Waals surface area contributed by atoms with E-state index in [9.17, 15) is 4.79 Å². The molecule has 0 fully saturated rings. The number of hydrogen-bond acceptors (Lipinski definition) is 5. The molecule has 4 rings (SSSR count). The number of benzene rings is 1. The van der Waals surface area contributed by atoms with Crippen LogP contribution in [0.15, 0.2) is 24.5 Å². The van der Waals surface area contributed by atoms with Crippen LogP contribution < -0.4 is 11.5 Å². The van der Waals surface area contributed by atoms with E-state index in [0.717, 1.165) is 22.0 Å². The summed E-state index contributed by atoms with van der Waals surface area (Å²) in [5, 5.41) is 12.5. The highest BCUT2D eigenvalue weighted by atomic mass is 16.1. The standard InChI is InChI=1S/C18H19N7O/c1-8(2)17-22-18-14(16(20)26)15(19)11(7-25(18)24-17)13-9(3)4-5-12-10(13)6-21-23-12/h4-8H,19H2,1-3H3,(H2,20,26)(H,21,23). The predicted molar refractivity (Wildman–Crippen MR) is 99.8 cm³/mol. The summed E-state index contributed by atoms with van der Waals surface area (Å²) in [4.78, 5) is 16.6. The number of hydrogen-bond donors (Lipinski definition) is 3. The Morgan fingerprint density at radius 3 is 2.77 bits per heavy atom. The number of H-pyrrole nitrogens is 1. The lowest BCUT2D eigenvalue weighted by Crippen LogP contribution is -2.16. The second-order valence-electron chi connectivity index (χ2n) is 6.68. The molecule has 0 radical (unpaired) electrons. The second kappa shape index (κ2) is 5.55. The quantitative estimate of drug-likeness (QED) is 0.523. The summed E-state index contributed by atoms with van der Waals surface area (Å²) in [6, 6.07) is 3.93. The Labute approximate surface area is 149 Å². The number of primary amides is 1. The summed E-state index contributed by atoms with van der Waals surface area (Å²) in [5.74, 6) is 0.107.